The first-order chi connectivity index (χ1) is 14.5. The fraction of sp³-hybridized carbons (Fsp3) is 0.238. The van der Waals surface area contributed by atoms with Crippen molar-refractivity contribution in [2.24, 2.45) is 0 Å². The number of halogens is 1. The molecule has 9 heteroatoms. The number of imidazole rings is 1. The van der Waals surface area contributed by atoms with E-state index in [4.69, 9.17) is 11.6 Å². The number of benzene rings is 2. The topological polar surface area (TPSA) is 84.5 Å². The summed E-state index contributed by atoms with van der Waals surface area (Å²) >= 11 is 5.93. The third kappa shape index (κ3) is 4.34. The van der Waals surface area contributed by atoms with Crippen LogP contribution in [0.15, 0.2) is 61.2 Å². The minimum atomic E-state index is -0.476. The van der Waals surface area contributed by atoms with E-state index in [-0.39, 0.29) is 11.6 Å². The second-order valence-electron chi connectivity index (χ2n) is 7.13. The number of hydrogen-bond donors (Lipinski definition) is 0. The van der Waals surface area contributed by atoms with E-state index in [1.54, 1.807) is 34.0 Å². The number of nitro groups is 1. The maximum Gasteiger partial charge on any atom is 0.294 e. The van der Waals surface area contributed by atoms with E-state index in [1.807, 2.05) is 24.3 Å². The van der Waals surface area contributed by atoms with Gasteiger partial charge in [-0.1, -0.05) is 23.7 Å². The van der Waals surface area contributed by atoms with E-state index in [2.05, 4.69) is 9.88 Å². The Bertz CT molecular complexity index is 1050. The quantitative estimate of drug-likeness (QED) is 0.462. The van der Waals surface area contributed by atoms with E-state index < -0.39 is 4.92 Å². The van der Waals surface area contributed by atoms with Crippen LogP contribution in [-0.4, -0.2) is 56.4 Å². The molecule has 154 valence electrons. The van der Waals surface area contributed by atoms with Gasteiger partial charge in [0.05, 0.1) is 11.3 Å². The largest absolute Gasteiger partial charge is 0.336 e. The lowest BCUT2D eigenvalue weighted by atomic mass is 10.1. The van der Waals surface area contributed by atoms with Gasteiger partial charge in [-0.15, -0.1) is 0 Å². The number of nitrogens with zero attached hydrogens (tertiary/aromatic N) is 5. The zero-order valence-electron chi connectivity index (χ0n) is 16.1. The molecule has 2 heterocycles. The molecule has 1 aromatic heterocycles. The van der Waals surface area contributed by atoms with E-state index in [0.29, 0.717) is 29.4 Å². The molecule has 8 nitrogen and oxygen atoms in total. The average Bonchev–Trinajstić information content (AvgIpc) is 3.30. The van der Waals surface area contributed by atoms with Gasteiger partial charge in [-0.3, -0.25) is 19.8 Å². The zero-order valence-corrected chi connectivity index (χ0v) is 16.9. The van der Waals surface area contributed by atoms with Crippen LogP contribution in [0.1, 0.15) is 15.9 Å². The monoisotopic (exact) mass is 425 g/mol. The number of aromatic nitrogens is 2. The van der Waals surface area contributed by atoms with Crippen molar-refractivity contribution >= 4 is 23.2 Å². The number of rotatable bonds is 5. The molecule has 1 aliphatic heterocycles. The van der Waals surface area contributed by atoms with Gasteiger partial charge in [-0.05, 0) is 29.8 Å². The number of carbonyl (C=O) groups excluding carboxylic acids is 1. The lowest BCUT2D eigenvalue weighted by Gasteiger charge is -2.34. The molecule has 0 bridgehead atoms. The van der Waals surface area contributed by atoms with Gasteiger partial charge in [0.15, 0.2) is 0 Å². The molecule has 0 radical (unpaired) electrons. The molecule has 1 amide bonds. The van der Waals surface area contributed by atoms with Crippen molar-refractivity contribution in [3.05, 3.63) is 87.4 Å². The van der Waals surface area contributed by atoms with E-state index in [9.17, 15) is 14.9 Å². The zero-order chi connectivity index (χ0) is 21.1. The summed E-state index contributed by atoms with van der Waals surface area (Å²) < 4.78 is 1.56. The molecule has 1 saturated heterocycles. The standard InChI is InChI=1S/C21H20ClN5O3/c22-18-4-1-16(2-5-18)14-24-9-11-25(12-10-24)21(28)17-3-6-19(20(13-17)27(29)30)26-8-7-23-15-26/h1-8,13,15H,9-12,14H2. The van der Waals surface area contributed by atoms with Crippen LogP contribution in [-0.2, 0) is 6.54 Å². The number of amides is 1. The van der Waals surface area contributed by atoms with Crippen LogP contribution >= 0.6 is 11.6 Å². The Morgan fingerprint density at radius 2 is 1.83 bits per heavy atom. The Balaban J connectivity index is 1.43. The van der Waals surface area contributed by atoms with Crippen LogP contribution in [0.4, 0.5) is 5.69 Å². The number of carbonyl (C=O) groups is 1. The average molecular weight is 426 g/mol. The van der Waals surface area contributed by atoms with Gasteiger partial charge in [0.2, 0.25) is 0 Å². The number of nitro benzene ring substituents is 1. The fourth-order valence-corrected chi connectivity index (χ4v) is 3.69. The third-order valence-corrected chi connectivity index (χ3v) is 5.43. The summed E-state index contributed by atoms with van der Waals surface area (Å²) in [5.74, 6) is -0.193. The Labute approximate surface area is 178 Å². The summed E-state index contributed by atoms with van der Waals surface area (Å²) in [5, 5.41) is 12.2. The van der Waals surface area contributed by atoms with Crippen LogP contribution in [0.2, 0.25) is 5.02 Å². The van der Waals surface area contributed by atoms with Crippen molar-refractivity contribution in [1.29, 1.82) is 0 Å². The SMILES string of the molecule is O=C(c1ccc(-n2ccnc2)c([N+](=O)[O-])c1)N1CCN(Cc2ccc(Cl)cc2)CC1. The second-order valence-corrected chi connectivity index (χ2v) is 7.56. The van der Waals surface area contributed by atoms with E-state index in [1.165, 1.54) is 18.0 Å². The Morgan fingerprint density at radius 3 is 2.47 bits per heavy atom. The highest BCUT2D eigenvalue weighted by atomic mass is 35.5. The summed E-state index contributed by atoms with van der Waals surface area (Å²) in [5.41, 5.74) is 1.74. The highest BCUT2D eigenvalue weighted by Gasteiger charge is 2.25. The molecule has 1 fully saturated rings. The molecule has 0 N–H and O–H groups in total. The molecular weight excluding hydrogens is 406 g/mol. The first-order valence-electron chi connectivity index (χ1n) is 9.54. The van der Waals surface area contributed by atoms with Crippen molar-refractivity contribution in [1.82, 2.24) is 19.4 Å². The molecule has 0 aliphatic carbocycles. The highest BCUT2D eigenvalue weighted by molar-refractivity contribution is 6.30. The molecule has 2 aromatic carbocycles. The Kier molecular flexibility index (Phi) is 5.78. The molecule has 4 rings (SSSR count). The van der Waals surface area contributed by atoms with Gasteiger partial charge in [0.25, 0.3) is 11.6 Å². The van der Waals surface area contributed by atoms with Crippen LogP contribution in [0.5, 0.6) is 0 Å². The Hall–Kier alpha value is -3.23. The molecule has 0 saturated carbocycles. The predicted octanol–water partition coefficient (Wildman–Crippen LogP) is 3.39. The van der Waals surface area contributed by atoms with Gasteiger partial charge < -0.3 is 9.47 Å². The summed E-state index contributed by atoms with van der Waals surface area (Å²) in [6.45, 7) is 3.42. The second kappa shape index (κ2) is 8.64. The van der Waals surface area contributed by atoms with Crippen molar-refractivity contribution < 1.29 is 9.72 Å². The van der Waals surface area contributed by atoms with Crippen molar-refractivity contribution in [2.45, 2.75) is 6.54 Å². The lowest BCUT2D eigenvalue weighted by molar-refractivity contribution is -0.384. The third-order valence-electron chi connectivity index (χ3n) is 5.18. The van der Waals surface area contributed by atoms with Crippen LogP contribution in [0, 0.1) is 10.1 Å². The maximum atomic E-state index is 12.9. The molecule has 0 unspecified atom stereocenters. The molecule has 3 aromatic rings. The smallest absolute Gasteiger partial charge is 0.294 e. The first kappa shape index (κ1) is 20.1. The molecule has 1 aliphatic rings. The van der Waals surface area contributed by atoms with Crippen molar-refractivity contribution in [2.75, 3.05) is 26.2 Å². The van der Waals surface area contributed by atoms with Gasteiger partial charge >= 0.3 is 0 Å². The highest BCUT2D eigenvalue weighted by Crippen LogP contribution is 2.25. The Morgan fingerprint density at radius 1 is 1.10 bits per heavy atom. The number of hydrogen-bond acceptors (Lipinski definition) is 5. The minimum Gasteiger partial charge on any atom is -0.336 e. The molecule has 0 spiro atoms. The van der Waals surface area contributed by atoms with E-state index in [0.717, 1.165) is 19.6 Å². The van der Waals surface area contributed by atoms with Crippen LogP contribution < -0.4 is 0 Å². The van der Waals surface area contributed by atoms with Crippen LogP contribution in [0.25, 0.3) is 5.69 Å². The number of piperazine rings is 1. The predicted molar refractivity (Wildman–Crippen MR) is 113 cm³/mol. The van der Waals surface area contributed by atoms with E-state index >= 15 is 0 Å². The molecular formula is C21H20ClN5O3. The van der Waals surface area contributed by atoms with Crippen molar-refractivity contribution in [3.63, 3.8) is 0 Å². The summed E-state index contributed by atoms with van der Waals surface area (Å²) in [6.07, 6.45) is 4.67. The molecule has 0 atom stereocenters. The van der Waals surface area contributed by atoms with Gasteiger partial charge in [-0.25, -0.2) is 4.98 Å². The minimum absolute atomic E-state index is 0.125. The van der Waals surface area contributed by atoms with Crippen molar-refractivity contribution in [3.8, 4) is 5.69 Å². The fourth-order valence-electron chi connectivity index (χ4n) is 3.56. The van der Waals surface area contributed by atoms with Gasteiger partial charge in [0, 0.05) is 61.8 Å². The molecule has 30 heavy (non-hydrogen) atoms. The normalized spacial score (nSPS) is 14.6. The summed E-state index contributed by atoms with van der Waals surface area (Å²) in [7, 11) is 0. The van der Waals surface area contributed by atoms with Gasteiger partial charge in [-0.2, -0.15) is 0 Å². The summed E-state index contributed by atoms with van der Waals surface area (Å²) in [4.78, 5) is 31.9. The maximum absolute atomic E-state index is 12.9. The lowest BCUT2D eigenvalue weighted by Crippen LogP contribution is -2.48. The van der Waals surface area contributed by atoms with Gasteiger partial charge in [0.1, 0.15) is 5.69 Å². The summed E-state index contributed by atoms with van der Waals surface area (Å²) in [6, 6.07) is 12.3. The van der Waals surface area contributed by atoms with Crippen LogP contribution in [0.3, 0.4) is 0 Å². The first-order valence-corrected chi connectivity index (χ1v) is 9.92.